The lowest BCUT2D eigenvalue weighted by Gasteiger charge is -2.31. The van der Waals surface area contributed by atoms with Crippen molar-refractivity contribution in [2.45, 2.75) is 24.8 Å². The zero-order valence-corrected chi connectivity index (χ0v) is 9.08. The lowest BCUT2D eigenvalue weighted by atomic mass is 10.2. The van der Waals surface area contributed by atoms with Gasteiger partial charge < -0.3 is 15.1 Å². The number of carboxylic acid groups (broad SMARTS) is 2. The van der Waals surface area contributed by atoms with Gasteiger partial charge in [-0.25, -0.2) is 9.59 Å². The maximum atomic E-state index is 11.3. The van der Waals surface area contributed by atoms with Gasteiger partial charge in [0.1, 0.15) is 6.04 Å². The molecule has 6 nitrogen and oxygen atoms in total. The summed E-state index contributed by atoms with van der Waals surface area (Å²) < 4.78 is 0. The topological polar surface area (TPSA) is 94.9 Å². The summed E-state index contributed by atoms with van der Waals surface area (Å²) in [5.41, 5.74) is 0. The molecule has 2 N–H and O–H groups in total. The molecule has 15 heavy (non-hydrogen) atoms. The maximum Gasteiger partial charge on any atom is 0.340 e. The standard InChI is InChI=1S/C8H11NO5S/c1-4(10)9-5(6(11)12)3-15-8(9,2)7(13)14/h5H,3H2,1-2H3,(H,11,12)(H,13,14)/t5-,8+/m0/s1. The summed E-state index contributed by atoms with van der Waals surface area (Å²) in [5.74, 6) is -2.83. The Balaban J connectivity index is 3.10. The van der Waals surface area contributed by atoms with E-state index < -0.39 is 28.8 Å². The van der Waals surface area contributed by atoms with Crippen LogP contribution in [0, 0.1) is 0 Å². The Morgan fingerprint density at radius 2 is 1.93 bits per heavy atom. The second-order valence-electron chi connectivity index (χ2n) is 3.34. The molecule has 7 heteroatoms. The lowest BCUT2D eigenvalue weighted by molar-refractivity contribution is -0.157. The van der Waals surface area contributed by atoms with Crippen LogP contribution in [0.3, 0.4) is 0 Å². The summed E-state index contributed by atoms with van der Waals surface area (Å²) in [7, 11) is 0. The zero-order valence-electron chi connectivity index (χ0n) is 8.26. The minimum Gasteiger partial charge on any atom is -0.480 e. The first-order valence-corrected chi connectivity index (χ1v) is 5.19. The number of amides is 1. The minimum absolute atomic E-state index is 0.0950. The predicted octanol–water partition coefficient (Wildman–Crippen LogP) is -0.164. The summed E-state index contributed by atoms with van der Waals surface area (Å²) in [4.78, 5) is 32.5. The van der Waals surface area contributed by atoms with Crippen LogP contribution in [-0.2, 0) is 14.4 Å². The van der Waals surface area contributed by atoms with Gasteiger partial charge in [0.05, 0.1) is 0 Å². The summed E-state index contributed by atoms with van der Waals surface area (Å²) in [6.07, 6.45) is 0. The summed E-state index contributed by atoms with van der Waals surface area (Å²) in [5, 5.41) is 17.8. The molecule has 0 bridgehead atoms. The number of hydrogen-bond donors (Lipinski definition) is 2. The molecule has 0 spiro atoms. The largest absolute Gasteiger partial charge is 0.480 e. The molecule has 0 aromatic heterocycles. The molecule has 1 aliphatic heterocycles. The SMILES string of the molecule is CC(=O)N1[C@H](C(=O)O)CS[C@]1(C)C(=O)O. The van der Waals surface area contributed by atoms with Crippen LogP contribution in [0.1, 0.15) is 13.8 Å². The Bertz CT molecular complexity index is 331. The van der Waals surface area contributed by atoms with E-state index in [9.17, 15) is 14.4 Å². The van der Waals surface area contributed by atoms with Gasteiger partial charge in [-0.15, -0.1) is 11.8 Å². The van der Waals surface area contributed by atoms with Gasteiger partial charge in [-0.3, -0.25) is 4.79 Å². The van der Waals surface area contributed by atoms with Crippen LogP contribution in [0.5, 0.6) is 0 Å². The fourth-order valence-electron chi connectivity index (χ4n) is 1.55. The third kappa shape index (κ3) is 1.79. The van der Waals surface area contributed by atoms with Gasteiger partial charge in [0.2, 0.25) is 5.91 Å². The van der Waals surface area contributed by atoms with Gasteiger partial charge in [0.25, 0.3) is 0 Å². The third-order valence-corrected chi connectivity index (χ3v) is 3.73. The number of thioether (sulfide) groups is 1. The quantitative estimate of drug-likeness (QED) is 0.688. The predicted molar refractivity (Wildman–Crippen MR) is 52.4 cm³/mol. The summed E-state index contributed by atoms with van der Waals surface area (Å²) in [6, 6.07) is -1.06. The first kappa shape index (κ1) is 11.8. The molecule has 1 rings (SSSR count). The molecular formula is C8H11NO5S. The molecule has 0 radical (unpaired) electrons. The van der Waals surface area contributed by atoms with Crippen LogP contribution in [0.2, 0.25) is 0 Å². The third-order valence-electron chi connectivity index (χ3n) is 2.31. The van der Waals surface area contributed by atoms with Crippen molar-refractivity contribution in [3.63, 3.8) is 0 Å². The van der Waals surface area contributed by atoms with E-state index in [0.717, 1.165) is 16.7 Å². The number of aliphatic carboxylic acids is 2. The average Bonchev–Trinajstić information content (AvgIpc) is 2.44. The molecular weight excluding hydrogens is 222 g/mol. The Morgan fingerprint density at radius 3 is 2.27 bits per heavy atom. The van der Waals surface area contributed by atoms with Crippen molar-refractivity contribution in [1.29, 1.82) is 0 Å². The van der Waals surface area contributed by atoms with Crippen molar-refractivity contribution in [3.05, 3.63) is 0 Å². The molecule has 1 amide bonds. The highest BCUT2D eigenvalue weighted by Crippen LogP contribution is 2.39. The van der Waals surface area contributed by atoms with E-state index in [1.807, 2.05) is 0 Å². The molecule has 84 valence electrons. The minimum atomic E-state index is -1.48. The van der Waals surface area contributed by atoms with Gasteiger partial charge in [-0.05, 0) is 6.92 Å². The van der Waals surface area contributed by atoms with Crippen molar-refractivity contribution in [1.82, 2.24) is 4.90 Å². The molecule has 1 saturated heterocycles. The van der Waals surface area contributed by atoms with E-state index in [-0.39, 0.29) is 5.75 Å². The van der Waals surface area contributed by atoms with E-state index in [2.05, 4.69) is 0 Å². The van der Waals surface area contributed by atoms with Gasteiger partial charge in [-0.2, -0.15) is 0 Å². The monoisotopic (exact) mass is 233 g/mol. The van der Waals surface area contributed by atoms with Crippen LogP contribution >= 0.6 is 11.8 Å². The number of carbonyl (C=O) groups excluding carboxylic acids is 1. The van der Waals surface area contributed by atoms with Crippen molar-refractivity contribution in [2.75, 3.05) is 5.75 Å². The number of nitrogens with zero attached hydrogens (tertiary/aromatic N) is 1. The lowest BCUT2D eigenvalue weighted by Crippen LogP contribution is -2.54. The first-order chi connectivity index (χ1) is 6.80. The van der Waals surface area contributed by atoms with Crippen LogP contribution in [0.4, 0.5) is 0 Å². The van der Waals surface area contributed by atoms with E-state index >= 15 is 0 Å². The molecule has 1 heterocycles. The molecule has 0 aromatic carbocycles. The molecule has 0 unspecified atom stereocenters. The van der Waals surface area contributed by atoms with Crippen molar-refractivity contribution < 1.29 is 24.6 Å². The Labute approximate surface area is 90.2 Å². The van der Waals surface area contributed by atoms with Gasteiger partial charge in [0.15, 0.2) is 4.87 Å². The van der Waals surface area contributed by atoms with Crippen LogP contribution in [-0.4, -0.2) is 49.6 Å². The van der Waals surface area contributed by atoms with Crippen LogP contribution < -0.4 is 0 Å². The number of rotatable bonds is 2. The summed E-state index contributed by atoms with van der Waals surface area (Å²) in [6.45, 7) is 2.51. The second kappa shape index (κ2) is 3.73. The Hall–Kier alpha value is -1.24. The first-order valence-electron chi connectivity index (χ1n) is 4.20. The maximum absolute atomic E-state index is 11.3. The summed E-state index contributed by atoms with van der Waals surface area (Å²) >= 11 is 0.950. The average molecular weight is 233 g/mol. The van der Waals surface area contributed by atoms with Gasteiger partial charge in [-0.1, -0.05) is 0 Å². The fraction of sp³-hybridized carbons (Fsp3) is 0.625. The fourth-order valence-corrected chi connectivity index (χ4v) is 2.84. The zero-order chi connectivity index (χ0) is 11.8. The van der Waals surface area contributed by atoms with E-state index in [0.29, 0.717) is 0 Å². The van der Waals surface area contributed by atoms with Crippen molar-refractivity contribution in [3.8, 4) is 0 Å². The van der Waals surface area contributed by atoms with E-state index in [1.165, 1.54) is 13.8 Å². The Morgan fingerprint density at radius 1 is 1.40 bits per heavy atom. The second-order valence-corrected chi connectivity index (χ2v) is 4.76. The highest BCUT2D eigenvalue weighted by Gasteiger charge is 2.53. The number of hydrogen-bond acceptors (Lipinski definition) is 4. The number of carbonyl (C=O) groups is 3. The van der Waals surface area contributed by atoms with E-state index in [1.54, 1.807) is 0 Å². The highest BCUT2D eigenvalue weighted by atomic mass is 32.2. The molecule has 0 aliphatic carbocycles. The molecule has 1 fully saturated rings. The number of carboxylic acids is 2. The highest BCUT2D eigenvalue weighted by molar-refractivity contribution is 8.01. The Kier molecular flexibility index (Phi) is 2.94. The van der Waals surface area contributed by atoms with E-state index in [4.69, 9.17) is 10.2 Å². The van der Waals surface area contributed by atoms with Crippen molar-refractivity contribution >= 4 is 29.6 Å². The normalized spacial score (nSPS) is 30.3. The molecule has 0 saturated carbocycles. The smallest absolute Gasteiger partial charge is 0.340 e. The molecule has 1 aliphatic rings. The molecule has 0 aromatic rings. The van der Waals surface area contributed by atoms with Gasteiger partial charge >= 0.3 is 11.9 Å². The van der Waals surface area contributed by atoms with Crippen molar-refractivity contribution in [2.24, 2.45) is 0 Å². The van der Waals surface area contributed by atoms with Gasteiger partial charge in [0, 0.05) is 12.7 Å². The van der Waals surface area contributed by atoms with Crippen LogP contribution in [0.25, 0.3) is 0 Å². The molecule has 2 atom stereocenters. The van der Waals surface area contributed by atoms with Crippen LogP contribution in [0.15, 0.2) is 0 Å².